The molecule has 4 heteroatoms. The topological polar surface area (TPSA) is 28.2 Å². The smallest absolute Gasteiger partial charge is 0.0794 e. The maximum absolute atomic E-state index is 4.29. The molecule has 1 aromatic rings. The minimum absolute atomic E-state index is 0.724. The Kier molecular flexibility index (Phi) is 4.75. The summed E-state index contributed by atoms with van der Waals surface area (Å²) in [6.07, 6.45) is 3.66. The lowest BCUT2D eigenvalue weighted by Crippen LogP contribution is -2.42. The van der Waals surface area contributed by atoms with E-state index in [0.29, 0.717) is 0 Å². The Bertz CT molecular complexity index is 278. The van der Waals surface area contributed by atoms with Crippen molar-refractivity contribution in [1.82, 2.24) is 15.2 Å². The van der Waals surface area contributed by atoms with E-state index in [2.05, 4.69) is 27.5 Å². The molecule has 0 aliphatic carbocycles. The minimum Gasteiger partial charge on any atom is -0.313 e. The summed E-state index contributed by atoms with van der Waals surface area (Å²) in [6.45, 7) is 7.03. The Labute approximate surface area is 102 Å². The highest BCUT2D eigenvalue weighted by Crippen LogP contribution is 2.09. The monoisotopic (exact) mass is 239 g/mol. The first-order chi connectivity index (χ1) is 7.88. The van der Waals surface area contributed by atoms with Gasteiger partial charge in [-0.1, -0.05) is 6.92 Å². The molecule has 1 aromatic heterocycles. The van der Waals surface area contributed by atoms with Crippen LogP contribution in [0, 0.1) is 0 Å². The van der Waals surface area contributed by atoms with Crippen LogP contribution in [0.2, 0.25) is 0 Å². The van der Waals surface area contributed by atoms with Crippen molar-refractivity contribution < 1.29 is 0 Å². The highest BCUT2D eigenvalue weighted by Gasteiger charge is 2.16. The molecule has 1 N–H and O–H groups in total. The standard InChI is InChI=1S/C12H21N3S/c1-2-15-7-4-11(5-8-15)13-6-3-12-9-16-10-14-12/h9-11,13H,2-8H2,1H3. The van der Waals surface area contributed by atoms with Crippen LogP contribution >= 0.6 is 11.3 Å². The van der Waals surface area contributed by atoms with Crippen molar-refractivity contribution in [2.75, 3.05) is 26.2 Å². The van der Waals surface area contributed by atoms with E-state index in [1.807, 2.05) is 5.51 Å². The molecular weight excluding hydrogens is 218 g/mol. The molecule has 0 bridgehead atoms. The number of rotatable bonds is 5. The van der Waals surface area contributed by atoms with Crippen molar-refractivity contribution >= 4 is 11.3 Å². The third kappa shape index (κ3) is 3.54. The summed E-state index contributed by atoms with van der Waals surface area (Å²) in [5.41, 5.74) is 3.14. The molecule has 0 amide bonds. The highest BCUT2D eigenvalue weighted by atomic mass is 32.1. The second kappa shape index (κ2) is 6.33. The fraction of sp³-hybridized carbons (Fsp3) is 0.750. The van der Waals surface area contributed by atoms with Crippen molar-refractivity contribution in [3.05, 3.63) is 16.6 Å². The molecule has 2 heterocycles. The van der Waals surface area contributed by atoms with Gasteiger partial charge in [0.2, 0.25) is 0 Å². The average Bonchev–Trinajstić information content (AvgIpc) is 2.83. The molecule has 0 aromatic carbocycles. The largest absolute Gasteiger partial charge is 0.313 e. The van der Waals surface area contributed by atoms with Gasteiger partial charge in [-0.3, -0.25) is 0 Å². The van der Waals surface area contributed by atoms with E-state index in [9.17, 15) is 0 Å². The van der Waals surface area contributed by atoms with Crippen molar-refractivity contribution in [3.63, 3.8) is 0 Å². The average molecular weight is 239 g/mol. The number of nitrogens with zero attached hydrogens (tertiary/aromatic N) is 2. The first-order valence-corrected chi connectivity index (χ1v) is 7.15. The van der Waals surface area contributed by atoms with Crippen molar-refractivity contribution in [1.29, 1.82) is 0 Å². The predicted molar refractivity (Wildman–Crippen MR) is 69.0 cm³/mol. The van der Waals surface area contributed by atoms with E-state index in [-0.39, 0.29) is 0 Å². The maximum Gasteiger partial charge on any atom is 0.0794 e. The van der Waals surface area contributed by atoms with Crippen LogP contribution in [-0.4, -0.2) is 42.1 Å². The Morgan fingerprint density at radius 3 is 2.94 bits per heavy atom. The van der Waals surface area contributed by atoms with Crippen LogP contribution in [0.5, 0.6) is 0 Å². The third-order valence-corrected chi connectivity index (χ3v) is 3.97. The first kappa shape index (κ1) is 12.0. The van der Waals surface area contributed by atoms with Gasteiger partial charge >= 0.3 is 0 Å². The lowest BCUT2D eigenvalue weighted by molar-refractivity contribution is 0.207. The Hall–Kier alpha value is -0.450. The number of nitrogens with one attached hydrogen (secondary N) is 1. The van der Waals surface area contributed by atoms with E-state index in [4.69, 9.17) is 0 Å². The normalized spacial score (nSPS) is 19.1. The molecule has 1 saturated heterocycles. The lowest BCUT2D eigenvalue weighted by atomic mass is 10.1. The third-order valence-electron chi connectivity index (χ3n) is 3.33. The van der Waals surface area contributed by atoms with Crippen LogP contribution in [0.1, 0.15) is 25.5 Å². The van der Waals surface area contributed by atoms with Gasteiger partial charge < -0.3 is 10.2 Å². The second-order valence-electron chi connectivity index (χ2n) is 4.39. The zero-order valence-corrected chi connectivity index (χ0v) is 10.8. The summed E-state index contributed by atoms with van der Waals surface area (Å²) in [7, 11) is 0. The van der Waals surface area contributed by atoms with Gasteiger partial charge in [-0.2, -0.15) is 0 Å². The Morgan fingerprint density at radius 1 is 1.50 bits per heavy atom. The molecule has 2 rings (SSSR count). The van der Waals surface area contributed by atoms with E-state index in [1.54, 1.807) is 11.3 Å². The van der Waals surface area contributed by atoms with Crippen molar-refractivity contribution in [2.45, 2.75) is 32.2 Å². The van der Waals surface area contributed by atoms with Crippen LogP contribution in [0.3, 0.4) is 0 Å². The number of likely N-dealkylation sites (tertiary alicyclic amines) is 1. The fourth-order valence-electron chi connectivity index (χ4n) is 2.22. The minimum atomic E-state index is 0.724. The van der Waals surface area contributed by atoms with E-state index in [0.717, 1.165) is 19.0 Å². The summed E-state index contributed by atoms with van der Waals surface area (Å²) in [5.74, 6) is 0. The number of hydrogen-bond acceptors (Lipinski definition) is 4. The molecule has 0 radical (unpaired) electrons. The van der Waals surface area contributed by atoms with Gasteiger partial charge in [0.05, 0.1) is 11.2 Å². The summed E-state index contributed by atoms with van der Waals surface area (Å²) in [4.78, 5) is 6.82. The molecule has 3 nitrogen and oxygen atoms in total. The number of thiazole rings is 1. The molecule has 1 aliphatic rings. The number of piperidine rings is 1. The van der Waals surface area contributed by atoms with Crippen LogP contribution in [-0.2, 0) is 6.42 Å². The summed E-state index contributed by atoms with van der Waals surface area (Å²) in [5, 5.41) is 5.78. The molecule has 90 valence electrons. The van der Waals surface area contributed by atoms with E-state index in [1.165, 1.54) is 38.2 Å². The van der Waals surface area contributed by atoms with Gasteiger partial charge in [-0.15, -0.1) is 11.3 Å². The quantitative estimate of drug-likeness (QED) is 0.848. The Morgan fingerprint density at radius 2 is 2.31 bits per heavy atom. The maximum atomic E-state index is 4.29. The van der Waals surface area contributed by atoms with E-state index >= 15 is 0 Å². The van der Waals surface area contributed by atoms with Crippen molar-refractivity contribution in [3.8, 4) is 0 Å². The predicted octanol–water partition coefficient (Wildman–Crippen LogP) is 1.76. The second-order valence-corrected chi connectivity index (χ2v) is 5.11. The summed E-state index contributed by atoms with van der Waals surface area (Å²) >= 11 is 1.68. The molecule has 1 aliphatic heterocycles. The molecule has 0 unspecified atom stereocenters. The van der Waals surface area contributed by atoms with Crippen LogP contribution in [0.25, 0.3) is 0 Å². The molecule has 1 fully saturated rings. The van der Waals surface area contributed by atoms with Crippen LogP contribution in [0.4, 0.5) is 0 Å². The van der Waals surface area contributed by atoms with Crippen LogP contribution in [0.15, 0.2) is 10.9 Å². The Balaban J connectivity index is 1.60. The molecule has 0 atom stereocenters. The molecule has 0 saturated carbocycles. The van der Waals surface area contributed by atoms with Gasteiger partial charge in [0.15, 0.2) is 0 Å². The number of aromatic nitrogens is 1. The highest BCUT2D eigenvalue weighted by molar-refractivity contribution is 7.07. The van der Waals surface area contributed by atoms with Gasteiger partial charge in [-0.05, 0) is 32.5 Å². The SMILES string of the molecule is CCN1CCC(NCCc2cscn2)CC1. The fourth-order valence-corrected chi connectivity index (χ4v) is 2.81. The van der Waals surface area contributed by atoms with Crippen LogP contribution < -0.4 is 5.32 Å². The van der Waals surface area contributed by atoms with Gasteiger partial charge in [0, 0.05) is 24.4 Å². The first-order valence-electron chi connectivity index (χ1n) is 6.21. The van der Waals surface area contributed by atoms with Crippen molar-refractivity contribution in [2.24, 2.45) is 0 Å². The zero-order chi connectivity index (χ0) is 11.2. The summed E-state index contributed by atoms with van der Waals surface area (Å²) in [6, 6.07) is 0.724. The molecule has 16 heavy (non-hydrogen) atoms. The number of hydrogen-bond donors (Lipinski definition) is 1. The van der Waals surface area contributed by atoms with Gasteiger partial charge in [-0.25, -0.2) is 4.98 Å². The van der Waals surface area contributed by atoms with Gasteiger partial charge in [0.25, 0.3) is 0 Å². The van der Waals surface area contributed by atoms with Gasteiger partial charge in [0.1, 0.15) is 0 Å². The zero-order valence-electron chi connectivity index (χ0n) is 9.98. The summed E-state index contributed by atoms with van der Waals surface area (Å²) < 4.78 is 0. The lowest BCUT2D eigenvalue weighted by Gasteiger charge is -2.31. The molecule has 0 spiro atoms. The molecular formula is C12H21N3S. The van der Waals surface area contributed by atoms with E-state index < -0.39 is 0 Å².